The summed E-state index contributed by atoms with van der Waals surface area (Å²) in [4.78, 5) is 0. The van der Waals surface area contributed by atoms with E-state index in [4.69, 9.17) is 0 Å². The van der Waals surface area contributed by atoms with E-state index in [1.807, 2.05) is 6.92 Å². The third-order valence-corrected chi connectivity index (χ3v) is 4.98. The van der Waals surface area contributed by atoms with Crippen LogP contribution in [0.3, 0.4) is 0 Å². The van der Waals surface area contributed by atoms with E-state index >= 15 is 0 Å². The number of hydrogen-bond donors (Lipinski definition) is 0. The van der Waals surface area contributed by atoms with Gasteiger partial charge in [-0.05, 0) is 42.4 Å². The van der Waals surface area contributed by atoms with E-state index in [2.05, 4.69) is 13.8 Å². The zero-order valence-corrected chi connectivity index (χ0v) is 13.9. The number of hydrogen-bond acceptors (Lipinski definition) is 0. The summed E-state index contributed by atoms with van der Waals surface area (Å²) in [5.41, 5.74) is 0.994. The molecule has 0 spiro atoms. The van der Waals surface area contributed by atoms with Crippen LogP contribution < -0.4 is 0 Å². The quantitative estimate of drug-likeness (QED) is 0.557. The smallest absolute Gasteiger partial charge is 0.206 e. The van der Waals surface area contributed by atoms with Crippen molar-refractivity contribution in [3.05, 3.63) is 34.6 Å². The van der Waals surface area contributed by atoms with Crippen LogP contribution in [0.2, 0.25) is 0 Å². The van der Waals surface area contributed by atoms with Gasteiger partial charge in [-0.3, -0.25) is 0 Å². The summed E-state index contributed by atoms with van der Waals surface area (Å²) in [6.07, 6.45) is 5.55. The van der Waals surface area contributed by atoms with E-state index in [0.717, 1.165) is 31.2 Å². The highest BCUT2D eigenvalue weighted by Gasteiger charge is 2.49. The lowest BCUT2D eigenvalue weighted by molar-refractivity contribution is -0.0585. The predicted octanol–water partition coefficient (Wildman–Crippen LogP) is 6.26. The number of fused-ring (bicyclic) bond motifs is 1. The van der Waals surface area contributed by atoms with E-state index in [1.54, 1.807) is 6.07 Å². The first-order valence-corrected chi connectivity index (χ1v) is 8.59. The van der Waals surface area contributed by atoms with Crippen LogP contribution in [-0.2, 0) is 18.8 Å². The van der Waals surface area contributed by atoms with Gasteiger partial charge in [0.15, 0.2) is 0 Å². The molecule has 3 heteroatoms. The minimum Gasteiger partial charge on any atom is -0.206 e. The third kappa shape index (κ3) is 3.49. The molecule has 0 saturated heterocycles. The molecule has 0 aliphatic heterocycles. The maximum absolute atomic E-state index is 14.5. The standard InChI is InChI=1S/C19H27F3/c1-4-7-13(3)8-6-9-16-12-15-10-14(5-2)11-17(20)18(15)19(16,21)22/h10-11,13,16H,4-9,12H2,1-3H3. The number of aryl methyl sites for hydroxylation is 1. The molecule has 0 saturated carbocycles. The van der Waals surface area contributed by atoms with Crippen molar-refractivity contribution in [1.29, 1.82) is 0 Å². The molecule has 0 N–H and O–H groups in total. The van der Waals surface area contributed by atoms with Gasteiger partial charge in [-0.15, -0.1) is 0 Å². The number of halogens is 3. The summed E-state index contributed by atoms with van der Waals surface area (Å²) >= 11 is 0. The topological polar surface area (TPSA) is 0 Å². The van der Waals surface area contributed by atoms with Gasteiger partial charge in [0.25, 0.3) is 5.92 Å². The van der Waals surface area contributed by atoms with Gasteiger partial charge < -0.3 is 0 Å². The summed E-state index contributed by atoms with van der Waals surface area (Å²) < 4.78 is 43.1. The van der Waals surface area contributed by atoms with Crippen molar-refractivity contribution in [2.75, 3.05) is 0 Å². The summed E-state index contributed by atoms with van der Waals surface area (Å²) in [6.45, 7) is 6.24. The van der Waals surface area contributed by atoms with Crippen molar-refractivity contribution in [3.63, 3.8) is 0 Å². The molecule has 1 aliphatic rings. The molecule has 0 radical (unpaired) electrons. The molecule has 2 rings (SSSR count). The van der Waals surface area contributed by atoms with Crippen molar-refractivity contribution >= 4 is 0 Å². The molecule has 1 aromatic rings. The SMILES string of the molecule is CCCC(C)CCCC1Cc2cc(CC)cc(F)c2C1(F)F. The lowest BCUT2D eigenvalue weighted by atomic mass is 9.92. The maximum Gasteiger partial charge on any atom is 0.279 e. The van der Waals surface area contributed by atoms with Gasteiger partial charge in [0.2, 0.25) is 0 Å². The maximum atomic E-state index is 14.5. The van der Waals surface area contributed by atoms with Crippen LogP contribution >= 0.6 is 0 Å². The fourth-order valence-corrected chi connectivity index (χ4v) is 3.70. The lowest BCUT2D eigenvalue weighted by Gasteiger charge is -2.21. The Bertz CT molecular complexity index is 508. The first kappa shape index (κ1) is 17.4. The molecule has 1 aromatic carbocycles. The molecule has 124 valence electrons. The number of rotatable bonds is 7. The second-order valence-corrected chi connectivity index (χ2v) is 6.81. The Morgan fingerprint density at radius 1 is 1.23 bits per heavy atom. The Kier molecular flexibility index (Phi) is 5.57. The van der Waals surface area contributed by atoms with Crippen LogP contribution in [0.5, 0.6) is 0 Å². The molecule has 0 aromatic heterocycles. The van der Waals surface area contributed by atoms with Gasteiger partial charge in [0.05, 0.1) is 5.56 Å². The highest BCUT2D eigenvalue weighted by atomic mass is 19.3. The van der Waals surface area contributed by atoms with Crippen molar-refractivity contribution in [2.45, 2.75) is 71.6 Å². The van der Waals surface area contributed by atoms with Crippen molar-refractivity contribution in [1.82, 2.24) is 0 Å². The Hall–Kier alpha value is -0.990. The Labute approximate surface area is 132 Å². The van der Waals surface area contributed by atoms with Crippen LogP contribution in [0.15, 0.2) is 12.1 Å². The summed E-state index contributed by atoms with van der Waals surface area (Å²) in [6, 6.07) is 3.05. The molecule has 2 unspecified atom stereocenters. The Morgan fingerprint density at radius 3 is 2.59 bits per heavy atom. The van der Waals surface area contributed by atoms with Gasteiger partial charge in [0.1, 0.15) is 5.82 Å². The van der Waals surface area contributed by atoms with Crippen LogP contribution in [0, 0.1) is 17.7 Å². The predicted molar refractivity (Wildman–Crippen MR) is 84.8 cm³/mol. The van der Waals surface area contributed by atoms with Crippen LogP contribution in [0.4, 0.5) is 13.2 Å². The van der Waals surface area contributed by atoms with Crippen molar-refractivity contribution < 1.29 is 13.2 Å². The molecular formula is C19H27F3. The molecule has 0 nitrogen and oxygen atoms in total. The van der Waals surface area contributed by atoms with Crippen LogP contribution in [0.1, 0.15) is 69.6 Å². The van der Waals surface area contributed by atoms with E-state index in [9.17, 15) is 13.2 Å². The molecule has 0 amide bonds. The third-order valence-electron chi connectivity index (χ3n) is 4.98. The average molecular weight is 312 g/mol. The molecular weight excluding hydrogens is 285 g/mol. The zero-order chi connectivity index (χ0) is 16.3. The van der Waals surface area contributed by atoms with Gasteiger partial charge in [-0.2, -0.15) is 0 Å². The second kappa shape index (κ2) is 7.06. The van der Waals surface area contributed by atoms with Gasteiger partial charge in [0, 0.05) is 5.92 Å². The van der Waals surface area contributed by atoms with Crippen LogP contribution in [0.25, 0.3) is 0 Å². The first-order chi connectivity index (χ1) is 10.4. The minimum atomic E-state index is -3.01. The average Bonchev–Trinajstić information content (AvgIpc) is 2.70. The largest absolute Gasteiger partial charge is 0.279 e. The van der Waals surface area contributed by atoms with Crippen molar-refractivity contribution in [3.8, 4) is 0 Å². The second-order valence-electron chi connectivity index (χ2n) is 6.81. The van der Waals surface area contributed by atoms with Crippen LogP contribution in [-0.4, -0.2) is 0 Å². The highest BCUT2D eigenvalue weighted by Crippen LogP contribution is 2.49. The Balaban J connectivity index is 2.06. The summed E-state index contributed by atoms with van der Waals surface area (Å²) in [7, 11) is 0. The van der Waals surface area contributed by atoms with Gasteiger partial charge in [-0.25, -0.2) is 13.2 Å². The number of alkyl halides is 2. The van der Waals surface area contributed by atoms with Gasteiger partial charge >= 0.3 is 0 Å². The number of benzene rings is 1. The van der Waals surface area contributed by atoms with E-state index in [-0.39, 0.29) is 5.56 Å². The molecule has 2 atom stereocenters. The normalized spacial score (nSPS) is 20.9. The molecule has 0 fully saturated rings. The zero-order valence-electron chi connectivity index (χ0n) is 13.9. The molecule has 22 heavy (non-hydrogen) atoms. The summed E-state index contributed by atoms with van der Waals surface area (Å²) in [5.74, 6) is -3.88. The van der Waals surface area contributed by atoms with Crippen molar-refractivity contribution in [2.24, 2.45) is 11.8 Å². The van der Waals surface area contributed by atoms with E-state index < -0.39 is 17.7 Å². The summed E-state index contributed by atoms with van der Waals surface area (Å²) in [5, 5.41) is 0. The highest BCUT2D eigenvalue weighted by molar-refractivity contribution is 5.41. The molecule has 0 heterocycles. The lowest BCUT2D eigenvalue weighted by Crippen LogP contribution is -2.22. The molecule has 1 aliphatic carbocycles. The molecule has 0 bridgehead atoms. The van der Waals surface area contributed by atoms with E-state index in [0.29, 0.717) is 30.7 Å². The minimum absolute atomic E-state index is 0.315. The van der Waals surface area contributed by atoms with E-state index in [1.165, 1.54) is 6.07 Å². The van der Waals surface area contributed by atoms with Gasteiger partial charge in [-0.1, -0.05) is 52.5 Å². The fourth-order valence-electron chi connectivity index (χ4n) is 3.70. The Morgan fingerprint density at radius 2 is 1.95 bits per heavy atom. The monoisotopic (exact) mass is 312 g/mol. The first-order valence-electron chi connectivity index (χ1n) is 8.59. The fraction of sp³-hybridized carbons (Fsp3) is 0.684.